The molecule has 1 amide bonds. The van der Waals surface area contributed by atoms with Crippen molar-refractivity contribution in [2.24, 2.45) is 0 Å². The average Bonchev–Trinajstić information content (AvgIpc) is 3.16. The normalized spacial score (nSPS) is 19.3. The molecule has 0 aliphatic carbocycles. The van der Waals surface area contributed by atoms with E-state index >= 15 is 0 Å². The van der Waals surface area contributed by atoms with Crippen molar-refractivity contribution >= 4 is 35.0 Å². The lowest BCUT2D eigenvalue weighted by molar-refractivity contribution is -0.144. The highest BCUT2D eigenvalue weighted by Gasteiger charge is 2.43. The fourth-order valence-electron chi connectivity index (χ4n) is 2.98. The first-order valence-corrected chi connectivity index (χ1v) is 9.86. The Morgan fingerprint density at radius 1 is 1.13 bits per heavy atom. The van der Waals surface area contributed by atoms with E-state index in [0.29, 0.717) is 6.42 Å². The fourth-order valence-corrected chi connectivity index (χ4v) is 2.98. The maximum atomic E-state index is 12.7. The molecule has 1 aliphatic heterocycles. The number of amides is 1. The number of anilines is 1. The van der Waals surface area contributed by atoms with E-state index in [4.69, 9.17) is 14.2 Å². The maximum Gasteiger partial charge on any atom is 0.413 e. The molecule has 0 spiro atoms. The lowest BCUT2D eigenvalue weighted by Crippen LogP contribution is -2.35. The fraction of sp³-hybridized carbons (Fsp3) is 0.600. The summed E-state index contributed by atoms with van der Waals surface area (Å²) in [6, 6.07) is 0. The van der Waals surface area contributed by atoms with Crippen LogP contribution >= 0.6 is 0 Å². The van der Waals surface area contributed by atoms with Crippen LogP contribution in [0.3, 0.4) is 0 Å². The molecule has 1 saturated heterocycles. The molecule has 11 heteroatoms. The second-order valence-electron chi connectivity index (χ2n) is 9.47. The quantitative estimate of drug-likeness (QED) is 0.572. The van der Waals surface area contributed by atoms with Crippen LogP contribution in [0.2, 0.25) is 0 Å². The van der Waals surface area contributed by atoms with Crippen LogP contribution in [0.4, 0.5) is 10.6 Å². The van der Waals surface area contributed by atoms with Crippen LogP contribution in [-0.4, -0.2) is 55.4 Å². The van der Waals surface area contributed by atoms with Gasteiger partial charge in [-0.05, 0) is 48.5 Å². The number of ether oxygens (including phenoxy) is 3. The number of esters is 2. The highest BCUT2D eigenvalue weighted by Crippen LogP contribution is 2.32. The Balaban J connectivity index is 2.12. The van der Waals surface area contributed by atoms with E-state index in [9.17, 15) is 14.4 Å². The van der Waals surface area contributed by atoms with Gasteiger partial charge in [0.25, 0.3) is 0 Å². The van der Waals surface area contributed by atoms with Gasteiger partial charge in [-0.3, -0.25) is 9.88 Å². The highest BCUT2D eigenvalue weighted by atomic mass is 16.6. The molecule has 1 N–H and O–H groups in total. The van der Waals surface area contributed by atoms with Crippen LogP contribution in [0.1, 0.15) is 65.5 Å². The zero-order valence-corrected chi connectivity index (χ0v) is 18.7. The smallest absolute Gasteiger partial charge is 0.413 e. The molecule has 0 radical (unpaired) electrons. The van der Waals surface area contributed by atoms with Gasteiger partial charge in [-0.2, -0.15) is 0 Å². The minimum atomic E-state index is -1.06. The Bertz CT molecular complexity index is 1050. The number of hydrogen-bond acceptors (Lipinski definition) is 9. The van der Waals surface area contributed by atoms with Gasteiger partial charge in [-0.15, -0.1) is 0 Å². The van der Waals surface area contributed by atoms with Gasteiger partial charge in [-0.25, -0.2) is 29.3 Å². The monoisotopic (exact) mass is 433 g/mol. The molecular formula is C20H27N5O6. The molecule has 1 aliphatic rings. The van der Waals surface area contributed by atoms with Crippen molar-refractivity contribution in [3.8, 4) is 0 Å². The Morgan fingerprint density at radius 2 is 1.77 bits per heavy atom. The number of aromatic nitrogens is 4. The Labute approximate surface area is 179 Å². The van der Waals surface area contributed by atoms with Crippen LogP contribution < -0.4 is 5.32 Å². The minimum absolute atomic E-state index is 0.0335. The number of cyclic esters (lactones) is 1. The van der Waals surface area contributed by atoms with Gasteiger partial charge in [0.1, 0.15) is 16.7 Å². The molecule has 1 atom stereocenters. The molecular weight excluding hydrogens is 406 g/mol. The number of fused-ring (bicyclic) bond motifs is 1. The molecule has 0 bridgehead atoms. The van der Waals surface area contributed by atoms with Crippen molar-refractivity contribution < 1.29 is 28.6 Å². The first-order valence-electron chi connectivity index (χ1n) is 9.86. The number of rotatable bonds is 3. The van der Waals surface area contributed by atoms with E-state index in [1.54, 1.807) is 48.5 Å². The van der Waals surface area contributed by atoms with Gasteiger partial charge in [-0.1, -0.05) is 0 Å². The zero-order valence-electron chi connectivity index (χ0n) is 18.7. The molecule has 11 nitrogen and oxygen atoms in total. The van der Waals surface area contributed by atoms with E-state index in [2.05, 4.69) is 20.3 Å². The van der Waals surface area contributed by atoms with E-state index in [1.807, 2.05) is 0 Å². The number of nitrogens with one attached hydrogen (secondary N) is 1. The molecule has 0 aromatic carbocycles. The third-order valence-corrected chi connectivity index (χ3v) is 4.39. The van der Waals surface area contributed by atoms with Crippen molar-refractivity contribution in [1.82, 2.24) is 19.5 Å². The highest BCUT2D eigenvalue weighted by molar-refractivity contribution is 5.97. The van der Waals surface area contributed by atoms with Crippen molar-refractivity contribution in [3.63, 3.8) is 0 Å². The van der Waals surface area contributed by atoms with Gasteiger partial charge >= 0.3 is 18.0 Å². The first kappa shape index (κ1) is 22.4. The molecule has 1 fully saturated rings. The third-order valence-electron chi connectivity index (χ3n) is 4.39. The van der Waals surface area contributed by atoms with E-state index in [0.717, 1.165) is 0 Å². The summed E-state index contributed by atoms with van der Waals surface area (Å²) in [5, 5.41) is 2.52. The van der Waals surface area contributed by atoms with Gasteiger partial charge in [0.15, 0.2) is 17.0 Å². The predicted octanol–water partition coefficient (Wildman–Crippen LogP) is 2.79. The summed E-state index contributed by atoms with van der Waals surface area (Å²) >= 11 is 0. The topological polar surface area (TPSA) is 135 Å². The van der Waals surface area contributed by atoms with Crippen LogP contribution in [0, 0.1) is 0 Å². The van der Waals surface area contributed by atoms with Gasteiger partial charge in [0.2, 0.25) is 5.82 Å². The average molecular weight is 433 g/mol. The number of hydrogen-bond donors (Lipinski definition) is 1. The SMILES string of the molecule is CC(C)(C)OC(=O)Nc1nc(C(=O)OC(C)(C)C)nc2c1ncn2C1(C)CCOC1=O. The molecule has 3 heterocycles. The summed E-state index contributed by atoms with van der Waals surface area (Å²) in [4.78, 5) is 50.1. The summed E-state index contributed by atoms with van der Waals surface area (Å²) < 4.78 is 17.3. The standard InChI is InChI=1S/C20H27N5O6/c1-18(2,3)30-15(26)13-22-12(24-17(28)31-19(4,5)6)11-14(23-13)25(10-21-11)20(7)8-9-29-16(20)27/h10H,8-9H2,1-7H3,(H,22,23,24,28). The van der Waals surface area contributed by atoms with Crippen molar-refractivity contribution in [2.75, 3.05) is 11.9 Å². The maximum absolute atomic E-state index is 12.7. The van der Waals surface area contributed by atoms with Crippen LogP contribution in [0.25, 0.3) is 11.2 Å². The van der Waals surface area contributed by atoms with E-state index < -0.39 is 34.8 Å². The lowest BCUT2D eigenvalue weighted by Gasteiger charge is -2.22. The Hall–Kier alpha value is -3.24. The third kappa shape index (κ3) is 4.75. The van der Waals surface area contributed by atoms with Crippen molar-refractivity contribution in [3.05, 3.63) is 12.2 Å². The number of nitrogens with zero attached hydrogens (tertiary/aromatic N) is 4. The van der Waals surface area contributed by atoms with Gasteiger partial charge in [0.05, 0.1) is 12.9 Å². The molecule has 3 rings (SSSR count). The molecule has 1 unspecified atom stereocenters. The first-order chi connectivity index (χ1) is 14.2. The lowest BCUT2D eigenvalue weighted by atomic mass is 10.0. The number of carbonyl (C=O) groups is 3. The second-order valence-corrected chi connectivity index (χ2v) is 9.47. The summed E-state index contributed by atoms with van der Waals surface area (Å²) in [6.07, 6.45) is 1.03. The number of carbonyl (C=O) groups excluding carboxylic acids is 3. The predicted molar refractivity (Wildman–Crippen MR) is 110 cm³/mol. The summed E-state index contributed by atoms with van der Waals surface area (Å²) in [7, 11) is 0. The van der Waals surface area contributed by atoms with Gasteiger partial charge in [0, 0.05) is 6.42 Å². The minimum Gasteiger partial charge on any atom is -0.464 e. The molecule has 0 saturated carbocycles. The van der Waals surface area contributed by atoms with Crippen LogP contribution in [0.15, 0.2) is 6.33 Å². The van der Waals surface area contributed by atoms with Gasteiger partial charge < -0.3 is 14.2 Å². The second kappa shape index (κ2) is 7.47. The number of imidazole rings is 1. The summed E-state index contributed by atoms with van der Waals surface area (Å²) in [6.45, 7) is 12.2. The largest absolute Gasteiger partial charge is 0.464 e. The molecule has 2 aromatic rings. The Kier molecular flexibility index (Phi) is 5.41. The van der Waals surface area contributed by atoms with Crippen molar-refractivity contribution in [2.45, 2.75) is 71.6 Å². The van der Waals surface area contributed by atoms with Crippen molar-refractivity contribution in [1.29, 1.82) is 0 Å². The summed E-state index contributed by atoms with van der Waals surface area (Å²) in [5.74, 6) is -1.54. The zero-order chi connectivity index (χ0) is 23.2. The van der Waals surface area contributed by atoms with E-state index in [-0.39, 0.29) is 29.4 Å². The molecule has 168 valence electrons. The van der Waals surface area contributed by atoms with Crippen LogP contribution in [-0.2, 0) is 24.5 Å². The molecule has 31 heavy (non-hydrogen) atoms. The van der Waals surface area contributed by atoms with Crippen LogP contribution in [0.5, 0.6) is 0 Å². The summed E-state index contributed by atoms with van der Waals surface area (Å²) in [5.41, 5.74) is -2.21. The Morgan fingerprint density at radius 3 is 2.32 bits per heavy atom. The van der Waals surface area contributed by atoms with E-state index in [1.165, 1.54) is 10.9 Å². The molecule has 2 aromatic heterocycles.